The standard InChI is InChI=1S/C15H22O2.Na/c1-2-3-4-5-6-7-10-13-11-8-9-12-14(13)15(16)17;/h8-9,11-12H,2-7,10H2,1H3,(H,16,17);/q;+1/p-1. The van der Waals surface area contributed by atoms with Crippen molar-refractivity contribution in [1.29, 1.82) is 0 Å². The summed E-state index contributed by atoms with van der Waals surface area (Å²) < 4.78 is 0. The van der Waals surface area contributed by atoms with Crippen LogP contribution in [0, 0.1) is 0 Å². The van der Waals surface area contributed by atoms with Gasteiger partial charge < -0.3 is 9.90 Å². The minimum atomic E-state index is -1.06. The molecule has 0 amide bonds. The van der Waals surface area contributed by atoms with Crippen molar-refractivity contribution in [2.45, 2.75) is 51.9 Å². The van der Waals surface area contributed by atoms with Crippen LogP contribution < -0.4 is 34.7 Å². The molecule has 0 saturated heterocycles. The molecule has 0 bridgehead atoms. The number of carbonyl (C=O) groups excluding carboxylic acids is 1. The summed E-state index contributed by atoms with van der Waals surface area (Å²) in [7, 11) is 0. The van der Waals surface area contributed by atoms with E-state index in [1.165, 1.54) is 32.1 Å². The van der Waals surface area contributed by atoms with Crippen molar-refractivity contribution in [2.24, 2.45) is 0 Å². The quantitative estimate of drug-likeness (QED) is 0.483. The molecule has 0 N–H and O–H groups in total. The maximum absolute atomic E-state index is 10.9. The summed E-state index contributed by atoms with van der Waals surface area (Å²) >= 11 is 0. The molecule has 0 aliphatic heterocycles. The van der Waals surface area contributed by atoms with Gasteiger partial charge in [0.25, 0.3) is 0 Å². The van der Waals surface area contributed by atoms with Crippen LogP contribution >= 0.6 is 0 Å². The van der Waals surface area contributed by atoms with E-state index in [0.29, 0.717) is 5.56 Å². The second kappa shape index (κ2) is 10.6. The van der Waals surface area contributed by atoms with E-state index in [2.05, 4.69) is 6.92 Å². The zero-order valence-electron chi connectivity index (χ0n) is 11.6. The van der Waals surface area contributed by atoms with Crippen LogP contribution in [0.25, 0.3) is 0 Å². The minimum absolute atomic E-state index is 0. The van der Waals surface area contributed by atoms with Gasteiger partial charge in [-0.1, -0.05) is 63.3 Å². The van der Waals surface area contributed by atoms with E-state index in [0.717, 1.165) is 18.4 Å². The van der Waals surface area contributed by atoms with Gasteiger partial charge in [0.15, 0.2) is 0 Å². The van der Waals surface area contributed by atoms with Crippen LogP contribution in [-0.2, 0) is 6.42 Å². The summed E-state index contributed by atoms with van der Waals surface area (Å²) in [5.41, 5.74) is 1.25. The van der Waals surface area contributed by atoms with E-state index in [1.807, 2.05) is 12.1 Å². The van der Waals surface area contributed by atoms with E-state index in [1.54, 1.807) is 12.1 Å². The van der Waals surface area contributed by atoms with E-state index in [4.69, 9.17) is 0 Å². The largest absolute Gasteiger partial charge is 1.00 e. The van der Waals surface area contributed by atoms with Crippen molar-refractivity contribution >= 4 is 5.97 Å². The Balaban J connectivity index is 0.00000289. The number of carboxylic acid groups (broad SMARTS) is 1. The normalized spacial score (nSPS) is 9.83. The first kappa shape index (κ1) is 17.7. The Bertz CT molecular complexity index is 350. The third-order valence-electron chi connectivity index (χ3n) is 3.04. The van der Waals surface area contributed by atoms with Crippen molar-refractivity contribution in [3.63, 3.8) is 0 Å². The van der Waals surface area contributed by atoms with E-state index in [-0.39, 0.29) is 29.6 Å². The van der Waals surface area contributed by atoms with Gasteiger partial charge in [-0.05, 0) is 18.4 Å². The first-order valence-corrected chi connectivity index (χ1v) is 6.55. The van der Waals surface area contributed by atoms with Crippen LogP contribution in [-0.4, -0.2) is 5.97 Å². The van der Waals surface area contributed by atoms with Crippen LogP contribution in [0.15, 0.2) is 24.3 Å². The fourth-order valence-electron chi connectivity index (χ4n) is 2.03. The Morgan fingerprint density at radius 1 is 1.06 bits per heavy atom. The number of rotatable bonds is 8. The third-order valence-corrected chi connectivity index (χ3v) is 3.04. The van der Waals surface area contributed by atoms with E-state index in [9.17, 15) is 9.90 Å². The maximum Gasteiger partial charge on any atom is 1.00 e. The molecule has 0 aromatic heterocycles. The molecule has 0 aliphatic rings. The smallest absolute Gasteiger partial charge is 0.545 e. The SMILES string of the molecule is CCCCCCCCc1ccccc1C(=O)[O-].[Na+]. The molecule has 1 rings (SSSR count). The van der Waals surface area contributed by atoms with E-state index >= 15 is 0 Å². The molecule has 18 heavy (non-hydrogen) atoms. The number of carboxylic acids is 1. The van der Waals surface area contributed by atoms with Crippen LogP contribution in [0.1, 0.15) is 61.4 Å². The van der Waals surface area contributed by atoms with Crippen LogP contribution in [0.3, 0.4) is 0 Å². The molecule has 1 aromatic rings. The molecule has 0 heterocycles. The molecule has 3 heteroatoms. The maximum atomic E-state index is 10.9. The van der Waals surface area contributed by atoms with Crippen LogP contribution in [0.4, 0.5) is 0 Å². The van der Waals surface area contributed by atoms with Gasteiger partial charge in [0, 0.05) is 5.56 Å². The predicted molar refractivity (Wildman–Crippen MR) is 67.9 cm³/mol. The molecule has 0 saturated carbocycles. The Morgan fingerprint density at radius 2 is 1.67 bits per heavy atom. The first-order chi connectivity index (χ1) is 8.25. The number of carbonyl (C=O) groups is 1. The van der Waals surface area contributed by atoms with Gasteiger partial charge in [0.2, 0.25) is 0 Å². The van der Waals surface area contributed by atoms with Crippen molar-refractivity contribution in [1.82, 2.24) is 0 Å². The molecule has 0 aliphatic carbocycles. The first-order valence-electron chi connectivity index (χ1n) is 6.55. The van der Waals surface area contributed by atoms with Crippen LogP contribution in [0.5, 0.6) is 0 Å². The zero-order valence-corrected chi connectivity index (χ0v) is 13.6. The average Bonchev–Trinajstić information content (AvgIpc) is 2.34. The summed E-state index contributed by atoms with van der Waals surface area (Å²) in [6, 6.07) is 7.15. The average molecular weight is 256 g/mol. The molecule has 0 radical (unpaired) electrons. The van der Waals surface area contributed by atoms with Gasteiger partial charge in [-0.3, -0.25) is 0 Å². The summed E-state index contributed by atoms with van der Waals surface area (Å²) in [6.45, 7) is 2.20. The molecule has 0 spiro atoms. The number of aromatic carboxylic acids is 1. The fourth-order valence-corrected chi connectivity index (χ4v) is 2.03. The van der Waals surface area contributed by atoms with Gasteiger partial charge in [-0.15, -0.1) is 0 Å². The Hall–Kier alpha value is -0.310. The van der Waals surface area contributed by atoms with E-state index < -0.39 is 5.97 Å². The third kappa shape index (κ3) is 6.58. The van der Waals surface area contributed by atoms with Crippen molar-refractivity contribution in [3.05, 3.63) is 35.4 Å². The Kier molecular flexibility index (Phi) is 10.4. The topological polar surface area (TPSA) is 40.1 Å². The van der Waals surface area contributed by atoms with Gasteiger partial charge >= 0.3 is 29.6 Å². The summed E-state index contributed by atoms with van der Waals surface area (Å²) in [5, 5.41) is 10.9. The monoisotopic (exact) mass is 256 g/mol. The minimum Gasteiger partial charge on any atom is -0.545 e. The van der Waals surface area contributed by atoms with Gasteiger partial charge in [-0.25, -0.2) is 0 Å². The van der Waals surface area contributed by atoms with Crippen molar-refractivity contribution in [2.75, 3.05) is 0 Å². The number of hydrogen-bond acceptors (Lipinski definition) is 2. The molecule has 0 atom stereocenters. The summed E-state index contributed by atoms with van der Waals surface area (Å²) in [4.78, 5) is 10.9. The fraction of sp³-hybridized carbons (Fsp3) is 0.533. The second-order valence-corrected chi connectivity index (χ2v) is 4.46. The molecule has 0 unspecified atom stereocenters. The van der Waals surface area contributed by atoms with Crippen molar-refractivity contribution < 1.29 is 39.5 Å². The molecule has 2 nitrogen and oxygen atoms in total. The van der Waals surface area contributed by atoms with Gasteiger partial charge in [0.05, 0.1) is 5.97 Å². The summed E-state index contributed by atoms with van der Waals surface area (Å²) in [5.74, 6) is -1.06. The number of aryl methyl sites for hydroxylation is 1. The summed E-state index contributed by atoms with van der Waals surface area (Å²) in [6.07, 6.45) is 8.19. The Labute approximate surface area is 132 Å². The molecule has 1 aromatic carbocycles. The molecule has 0 fully saturated rings. The number of benzene rings is 1. The number of hydrogen-bond donors (Lipinski definition) is 0. The van der Waals surface area contributed by atoms with Crippen LogP contribution in [0.2, 0.25) is 0 Å². The Morgan fingerprint density at radius 3 is 2.33 bits per heavy atom. The van der Waals surface area contributed by atoms with Gasteiger partial charge in [-0.2, -0.15) is 0 Å². The molecular weight excluding hydrogens is 235 g/mol. The molecule has 94 valence electrons. The number of unbranched alkanes of at least 4 members (excludes halogenated alkanes) is 5. The second-order valence-electron chi connectivity index (χ2n) is 4.46. The van der Waals surface area contributed by atoms with Crippen molar-refractivity contribution in [3.8, 4) is 0 Å². The predicted octanol–water partition coefficient (Wildman–Crippen LogP) is -0.0429. The molecular formula is C15H21NaO2. The zero-order chi connectivity index (χ0) is 12.5. The van der Waals surface area contributed by atoms with Gasteiger partial charge in [0.1, 0.15) is 0 Å².